The van der Waals surface area contributed by atoms with Crippen LogP contribution in [0.3, 0.4) is 0 Å². The molecule has 0 fully saturated rings. The van der Waals surface area contributed by atoms with Crippen LogP contribution in [0.2, 0.25) is 5.02 Å². The molecule has 0 radical (unpaired) electrons. The molecule has 1 amide bonds. The quantitative estimate of drug-likeness (QED) is 0.681. The van der Waals surface area contributed by atoms with E-state index < -0.39 is 0 Å². The first-order valence-electron chi connectivity index (χ1n) is 8.09. The number of halogens is 1. The lowest BCUT2D eigenvalue weighted by Crippen LogP contribution is -2.11. The molecule has 2 N–H and O–H groups in total. The van der Waals surface area contributed by atoms with Gasteiger partial charge in [-0.05, 0) is 60.7 Å². The van der Waals surface area contributed by atoms with Gasteiger partial charge in [-0.3, -0.25) is 4.79 Å². The van der Waals surface area contributed by atoms with Crippen LogP contribution in [0.5, 0.6) is 0 Å². The summed E-state index contributed by atoms with van der Waals surface area (Å²) in [5.41, 5.74) is 3.24. The van der Waals surface area contributed by atoms with Gasteiger partial charge >= 0.3 is 0 Å². The van der Waals surface area contributed by atoms with Crippen LogP contribution in [0.1, 0.15) is 10.4 Å². The minimum absolute atomic E-state index is 0.205. The van der Waals surface area contributed by atoms with Crippen molar-refractivity contribution in [1.82, 2.24) is 4.98 Å². The van der Waals surface area contributed by atoms with Gasteiger partial charge in [-0.2, -0.15) is 0 Å². The second-order valence-electron chi connectivity index (χ2n) is 5.96. The molecule has 5 nitrogen and oxygen atoms in total. The Labute approximate surface area is 157 Å². The maximum atomic E-state index is 12.2. The van der Waals surface area contributed by atoms with Gasteiger partial charge < -0.3 is 15.5 Å². The van der Waals surface area contributed by atoms with Crippen LogP contribution in [-0.4, -0.2) is 25.0 Å². The molecule has 0 saturated carbocycles. The molecule has 0 aliphatic heterocycles. The molecule has 0 aliphatic rings. The number of aromatic nitrogens is 1. The highest BCUT2D eigenvalue weighted by molar-refractivity contribution is 6.30. The van der Waals surface area contributed by atoms with Crippen LogP contribution in [-0.2, 0) is 0 Å². The third-order valence-corrected chi connectivity index (χ3v) is 4.04. The van der Waals surface area contributed by atoms with Gasteiger partial charge in [0.2, 0.25) is 0 Å². The Balaban J connectivity index is 1.62. The maximum absolute atomic E-state index is 12.2. The highest BCUT2D eigenvalue weighted by Crippen LogP contribution is 2.20. The number of pyridine rings is 1. The van der Waals surface area contributed by atoms with Gasteiger partial charge in [-0.15, -0.1) is 0 Å². The molecule has 132 valence electrons. The van der Waals surface area contributed by atoms with E-state index in [2.05, 4.69) is 15.6 Å². The fraction of sp³-hybridized carbons (Fsp3) is 0.100. The summed E-state index contributed by atoms with van der Waals surface area (Å²) >= 11 is 5.83. The third kappa shape index (κ3) is 4.52. The first-order valence-corrected chi connectivity index (χ1v) is 8.46. The number of nitrogens with one attached hydrogen (secondary N) is 2. The van der Waals surface area contributed by atoms with E-state index >= 15 is 0 Å². The minimum Gasteiger partial charge on any atom is -0.378 e. The zero-order valence-electron chi connectivity index (χ0n) is 14.5. The van der Waals surface area contributed by atoms with Crippen LogP contribution in [0.4, 0.5) is 22.9 Å². The van der Waals surface area contributed by atoms with E-state index in [0.29, 0.717) is 22.1 Å². The molecule has 2 aromatic carbocycles. The Morgan fingerprint density at radius 3 is 2.15 bits per heavy atom. The fourth-order valence-corrected chi connectivity index (χ4v) is 2.46. The Hall–Kier alpha value is -3.05. The van der Waals surface area contributed by atoms with Gasteiger partial charge in [0.1, 0.15) is 5.82 Å². The summed E-state index contributed by atoms with van der Waals surface area (Å²) in [7, 11) is 4.00. The van der Waals surface area contributed by atoms with E-state index in [-0.39, 0.29) is 5.91 Å². The normalized spacial score (nSPS) is 10.3. The highest BCUT2D eigenvalue weighted by atomic mass is 35.5. The average molecular weight is 367 g/mol. The summed E-state index contributed by atoms with van der Waals surface area (Å²) in [6, 6.07) is 18.4. The van der Waals surface area contributed by atoms with E-state index in [1.165, 1.54) is 0 Å². The second kappa shape index (κ2) is 7.89. The van der Waals surface area contributed by atoms with Gasteiger partial charge in [0.15, 0.2) is 0 Å². The van der Waals surface area contributed by atoms with Crippen molar-refractivity contribution in [3.05, 3.63) is 77.4 Å². The monoisotopic (exact) mass is 366 g/mol. The molecular weight excluding hydrogens is 348 g/mol. The van der Waals surface area contributed by atoms with Crippen LogP contribution in [0.15, 0.2) is 66.9 Å². The van der Waals surface area contributed by atoms with Crippen molar-refractivity contribution in [3.8, 4) is 0 Å². The van der Waals surface area contributed by atoms with Gasteiger partial charge in [0.25, 0.3) is 5.91 Å². The number of carbonyl (C=O) groups is 1. The van der Waals surface area contributed by atoms with E-state index in [9.17, 15) is 4.79 Å². The highest BCUT2D eigenvalue weighted by Gasteiger charge is 2.06. The summed E-state index contributed by atoms with van der Waals surface area (Å²) in [6.45, 7) is 0. The molecule has 1 heterocycles. The summed E-state index contributed by atoms with van der Waals surface area (Å²) in [6.07, 6.45) is 1.62. The number of hydrogen-bond donors (Lipinski definition) is 2. The Morgan fingerprint density at radius 1 is 0.923 bits per heavy atom. The van der Waals surface area contributed by atoms with Crippen molar-refractivity contribution >= 4 is 40.4 Å². The number of carbonyl (C=O) groups excluding carboxylic acids is 1. The lowest BCUT2D eigenvalue weighted by Gasteiger charge is -2.13. The fourth-order valence-electron chi connectivity index (χ4n) is 2.34. The minimum atomic E-state index is -0.205. The van der Waals surface area contributed by atoms with E-state index in [1.54, 1.807) is 36.5 Å². The summed E-state index contributed by atoms with van der Waals surface area (Å²) in [5, 5.41) is 6.64. The Kier molecular flexibility index (Phi) is 5.39. The van der Waals surface area contributed by atoms with E-state index in [1.807, 2.05) is 49.3 Å². The second-order valence-corrected chi connectivity index (χ2v) is 6.40. The molecule has 1 aromatic heterocycles. The van der Waals surface area contributed by atoms with E-state index in [4.69, 9.17) is 11.6 Å². The lowest BCUT2D eigenvalue weighted by molar-refractivity contribution is 0.102. The molecule has 0 saturated heterocycles. The number of rotatable bonds is 5. The van der Waals surface area contributed by atoms with Gasteiger partial charge in [0, 0.05) is 36.1 Å². The molecule has 3 aromatic rings. The van der Waals surface area contributed by atoms with Gasteiger partial charge in [-0.25, -0.2) is 4.98 Å². The first kappa shape index (κ1) is 17.8. The molecule has 0 atom stereocenters. The van der Waals surface area contributed by atoms with Crippen molar-refractivity contribution in [3.63, 3.8) is 0 Å². The third-order valence-electron chi connectivity index (χ3n) is 3.78. The average Bonchev–Trinajstić information content (AvgIpc) is 2.64. The molecule has 0 aliphatic carbocycles. The molecule has 3 rings (SSSR count). The largest absolute Gasteiger partial charge is 0.378 e. The standard InChI is InChI=1S/C20H19ClN4O/c1-25(2)18-10-7-16(8-11-18)23-19-12-9-17(13-22-19)24-20(26)14-3-5-15(21)6-4-14/h3-13H,1-2H3,(H,22,23)(H,24,26). The van der Waals surface area contributed by atoms with Crippen LogP contribution in [0, 0.1) is 0 Å². The van der Waals surface area contributed by atoms with E-state index in [0.717, 1.165) is 11.4 Å². The summed E-state index contributed by atoms with van der Waals surface area (Å²) in [5.74, 6) is 0.496. The van der Waals surface area contributed by atoms with Crippen molar-refractivity contribution in [1.29, 1.82) is 0 Å². The molecule has 6 heteroatoms. The van der Waals surface area contributed by atoms with Crippen molar-refractivity contribution in [2.75, 3.05) is 29.6 Å². The predicted molar refractivity (Wildman–Crippen MR) is 108 cm³/mol. The maximum Gasteiger partial charge on any atom is 0.255 e. The number of anilines is 4. The number of nitrogens with zero attached hydrogens (tertiary/aromatic N) is 2. The SMILES string of the molecule is CN(C)c1ccc(Nc2ccc(NC(=O)c3ccc(Cl)cc3)cn2)cc1. The molecular formula is C20H19ClN4O. The zero-order valence-corrected chi connectivity index (χ0v) is 15.3. The number of amides is 1. The molecule has 0 bridgehead atoms. The predicted octanol–water partition coefficient (Wildman–Crippen LogP) is 4.80. The van der Waals surface area contributed by atoms with Crippen LogP contribution in [0.25, 0.3) is 0 Å². The zero-order chi connectivity index (χ0) is 18.5. The summed E-state index contributed by atoms with van der Waals surface area (Å²) < 4.78 is 0. The number of benzene rings is 2. The van der Waals surface area contributed by atoms with Crippen molar-refractivity contribution < 1.29 is 4.79 Å². The Bertz CT molecular complexity index is 875. The molecule has 0 unspecified atom stereocenters. The smallest absolute Gasteiger partial charge is 0.255 e. The van der Waals surface area contributed by atoms with Crippen molar-refractivity contribution in [2.24, 2.45) is 0 Å². The van der Waals surface area contributed by atoms with Crippen LogP contribution >= 0.6 is 11.6 Å². The Morgan fingerprint density at radius 2 is 1.58 bits per heavy atom. The van der Waals surface area contributed by atoms with Crippen LogP contribution < -0.4 is 15.5 Å². The topological polar surface area (TPSA) is 57.3 Å². The lowest BCUT2D eigenvalue weighted by atomic mass is 10.2. The van der Waals surface area contributed by atoms with Gasteiger partial charge in [0.05, 0.1) is 11.9 Å². The molecule has 26 heavy (non-hydrogen) atoms. The first-order chi connectivity index (χ1) is 12.5. The van der Waals surface area contributed by atoms with Gasteiger partial charge in [-0.1, -0.05) is 11.6 Å². The van der Waals surface area contributed by atoms with Crippen molar-refractivity contribution in [2.45, 2.75) is 0 Å². The molecule has 0 spiro atoms. The summed E-state index contributed by atoms with van der Waals surface area (Å²) in [4.78, 5) is 18.6. The number of hydrogen-bond acceptors (Lipinski definition) is 4.